The molecule has 0 aliphatic rings. The van der Waals surface area contributed by atoms with Crippen molar-refractivity contribution in [1.82, 2.24) is 4.98 Å². The number of rotatable bonds is 6. The molecule has 2 aromatic carbocycles. The van der Waals surface area contributed by atoms with Crippen LogP contribution in [0.15, 0.2) is 60.8 Å². The van der Waals surface area contributed by atoms with Gasteiger partial charge in [0.1, 0.15) is 5.75 Å². The van der Waals surface area contributed by atoms with Crippen molar-refractivity contribution in [2.24, 2.45) is 0 Å². The summed E-state index contributed by atoms with van der Waals surface area (Å²) in [7, 11) is 0. The highest BCUT2D eigenvalue weighted by Crippen LogP contribution is 2.20. The Hall–Kier alpha value is -2.39. The van der Waals surface area contributed by atoms with Crippen molar-refractivity contribution in [3.05, 3.63) is 72.1 Å². The predicted octanol–water partition coefficient (Wildman–Crippen LogP) is 3.59. The van der Waals surface area contributed by atoms with Crippen molar-refractivity contribution in [1.29, 1.82) is 0 Å². The second-order valence-electron chi connectivity index (χ2n) is 5.23. The van der Waals surface area contributed by atoms with Crippen molar-refractivity contribution in [2.75, 3.05) is 13.2 Å². The van der Waals surface area contributed by atoms with E-state index in [0.717, 1.165) is 17.9 Å². The second-order valence-corrected chi connectivity index (χ2v) is 5.23. The Bertz CT molecular complexity index is 733. The molecule has 1 heterocycles. The first kappa shape index (κ1) is 14.5. The number of aliphatic hydroxyl groups is 1. The van der Waals surface area contributed by atoms with E-state index >= 15 is 0 Å². The van der Waals surface area contributed by atoms with E-state index in [1.807, 2.05) is 36.5 Å². The van der Waals surface area contributed by atoms with Crippen LogP contribution in [0.3, 0.4) is 0 Å². The molecule has 112 valence electrons. The summed E-state index contributed by atoms with van der Waals surface area (Å²) >= 11 is 0. The van der Waals surface area contributed by atoms with Gasteiger partial charge in [0.15, 0.2) is 0 Å². The molecule has 0 spiro atoms. The van der Waals surface area contributed by atoms with Crippen LogP contribution in [0.5, 0.6) is 5.75 Å². The molecule has 22 heavy (non-hydrogen) atoms. The molecule has 1 aromatic heterocycles. The average molecular weight is 293 g/mol. The largest absolute Gasteiger partial charge is 0.494 e. The lowest BCUT2D eigenvalue weighted by Gasteiger charge is -2.08. The van der Waals surface area contributed by atoms with Crippen LogP contribution in [-0.4, -0.2) is 23.3 Å². The van der Waals surface area contributed by atoms with Crippen LogP contribution in [0.4, 0.5) is 0 Å². The molecule has 3 aromatic rings. The van der Waals surface area contributed by atoms with Crippen molar-refractivity contribution in [3.63, 3.8) is 0 Å². The highest BCUT2D eigenvalue weighted by Gasteiger charge is 2.04. The zero-order valence-corrected chi connectivity index (χ0v) is 12.4. The van der Waals surface area contributed by atoms with Gasteiger partial charge in [0, 0.05) is 31.0 Å². The number of benzene rings is 2. The summed E-state index contributed by atoms with van der Waals surface area (Å²) in [6, 6.07) is 18.4. The second kappa shape index (κ2) is 7.05. The third-order valence-electron chi connectivity index (χ3n) is 3.62. The van der Waals surface area contributed by atoms with Gasteiger partial charge in [-0.25, -0.2) is 0 Å². The maximum absolute atomic E-state index is 8.75. The van der Waals surface area contributed by atoms with Crippen molar-refractivity contribution >= 4 is 10.8 Å². The molecule has 0 saturated carbocycles. The summed E-state index contributed by atoms with van der Waals surface area (Å²) in [4.78, 5) is 4.53. The van der Waals surface area contributed by atoms with E-state index in [4.69, 9.17) is 9.84 Å². The minimum Gasteiger partial charge on any atom is -0.494 e. The Kier molecular flexibility index (Phi) is 4.66. The third-order valence-corrected chi connectivity index (χ3v) is 3.62. The molecule has 0 aliphatic heterocycles. The van der Waals surface area contributed by atoms with Gasteiger partial charge in [-0.2, -0.15) is 0 Å². The summed E-state index contributed by atoms with van der Waals surface area (Å²) in [5.74, 6) is 0.836. The fourth-order valence-electron chi connectivity index (χ4n) is 2.47. The monoisotopic (exact) mass is 293 g/mol. The van der Waals surface area contributed by atoms with E-state index in [2.05, 4.69) is 29.2 Å². The van der Waals surface area contributed by atoms with Gasteiger partial charge >= 0.3 is 0 Å². The number of aromatic nitrogens is 1. The van der Waals surface area contributed by atoms with Gasteiger partial charge in [-0.1, -0.05) is 36.4 Å². The predicted molar refractivity (Wildman–Crippen MR) is 88.2 cm³/mol. The van der Waals surface area contributed by atoms with Gasteiger partial charge < -0.3 is 9.84 Å². The number of aliphatic hydroxyl groups excluding tert-OH is 1. The maximum Gasteiger partial charge on any atom is 0.119 e. The molecule has 0 bridgehead atoms. The number of ether oxygens (including phenoxy) is 1. The number of fused-ring (bicyclic) bond motifs is 1. The number of hydrogen-bond donors (Lipinski definition) is 1. The van der Waals surface area contributed by atoms with E-state index in [1.54, 1.807) is 0 Å². The number of hydrogen-bond acceptors (Lipinski definition) is 3. The lowest BCUT2D eigenvalue weighted by Crippen LogP contribution is -2.00. The van der Waals surface area contributed by atoms with Crippen LogP contribution in [-0.2, 0) is 6.42 Å². The quantitative estimate of drug-likeness (QED) is 0.706. The zero-order valence-electron chi connectivity index (χ0n) is 12.4. The van der Waals surface area contributed by atoms with Crippen LogP contribution in [0, 0.1) is 0 Å². The van der Waals surface area contributed by atoms with Gasteiger partial charge in [-0.05, 0) is 29.1 Å². The Balaban J connectivity index is 1.75. The summed E-state index contributed by atoms with van der Waals surface area (Å²) in [6.45, 7) is 0.700. The van der Waals surface area contributed by atoms with Gasteiger partial charge in [0.05, 0.1) is 12.3 Å². The first-order chi connectivity index (χ1) is 10.9. The molecule has 0 saturated heterocycles. The minimum atomic E-state index is 0.158. The summed E-state index contributed by atoms with van der Waals surface area (Å²) in [6.07, 6.45) is 3.32. The topological polar surface area (TPSA) is 42.4 Å². The summed E-state index contributed by atoms with van der Waals surface area (Å²) in [5.41, 5.74) is 2.30. The number of nitrogens with zero attached hydrogens (tertiary/aromatic N) is 1. The Morgan fingerprint density at radius 1 is 0.955 bits per heavy atom. The molecule has 0 radical (unpaired) electrons. The molecule has 3 heteroatoms. The van der Waals surface area contributed by atoms with Crippen LogP contribution in [0.2, 0.25) is 0 Å². The number of pyridine rings is 1. The fraction of sp³-hybridized carbons (Fsp3) is 0.211. The van der Waals surface area contributed by atoms with Gasteiger partial charge in [-0.15, -0.1) is 0 Å². The SMILES string of the molecule is OCCCOc1ccc(Cc2nccc3ccccc23)cc1. The standard InChI is InChI=1S/C19H19NO2/c21-12-3-13-22-17-8-6-15(7-9-17)14-19-18-5-2-1-4-16(18)10-11-20-19/h1-2,4-11,21H,3,12-14H2. The molecular formula is C19H19NO2. The Morgan fingerprint density at radius 3 is 2.59 bits per heavy atom. The Morgan fingerprint density at radius 2 is 1.77 bits per heavy atom. The molecule has 0 amide bonds. The van der Waals surface area contributed by atoms with Crippen molar-refractivity contribution in [2.45, 2.75) is 12.8 Å². The average Bonchev–Trinajstić information content (AvgIpc) is 2.57. The lowest BCUT2D eigenvalue weighted by atomic mass is 10.0. The van der Waals surface area contributed by atoms with Gasteiger partial charge in [0.25, 0.3) is 0 Å². The fourth-order valence-corrected chi connectivity index (χ4v) is 2.47. The van der Waals surface area contributed by atoms with Gasteiger partial charge in [-0.3, -0.25) is 4.98 Å². The third kappa shape index (κ3) is 3.43. The molecule has 0 aliphatic carbocycles. The molecule has 0 fully saturated rings. The molecule has 3 rings (SSSR count). The molecule has 0 atom stereocenters. The highest BCUT2D eigenvalue weighted by molar-refractivity contribution is 5.84. The van der Waals surface area contributed by atoms with E-state index in [9.17, 15) is 0 Å². The summed E-state index contributed by atoms with van der Waals surface area (Å²) in [5, 5.41) is 11.2. The van der Waals surface area contributed by atoms with Gasteiger partial charge in [0.2, 0.25) is 0 Å². The van der Waals surface area contributed by atoms with Crippen LogP contribution < -0.4 is 4.74 Å². The maximum atomic E-state index is 8.75. The minimum absolute atomic E-state index is 0.158. The zero-order chi connectivity index (χ0) is 15.2. The lowest BCUT2D eigenvalue weighted by molar-refractivity contribution is 0.233. The van der Waals surface area contributed by atoms with Crippen LogP contribution >= 0.6 is 0 Å². The van der Waals surface area contributed by atoms with Crippen molar-refractivity contribution in [3.8, 4) is 5.75 Å². The first-order valence-corrected chi connectivity index (χ1v) is 7.52. The molecule has 3 nitrogen and oxygen atoms in total. The van der Waals surface area contributed by atoms with Crippen molar-refractivity contribution < 1.29 is 9.84 Å². The van der Waals surface area contributed by atoms with E-state index in [-0.39, 0.29) is 6.61 Å². The van der Waals surface area contributed by atoms with Crippen LogP contribution in [0.1, 0.15) is 17.7 Å². The first-order valence-electron chi connectivity index (χ1n) is 7.52. The molecule has 0 unspecified atom stereocenters. The normalized spacial score (nSPS) is 10.8. The molecule has 1 N–H and O–H groups in total. The van der Waals surface area contributed by atoms with E-state index < -0.39 is 0 Å². The van der Waals surface area contributed by atoms with E-state index in [0.29, 0.717) is 13.0 Å². The van der Waals surface area contributed by atoms with Crippen LogP contribution in [0.25, 0.3) is 10.8 Å². The summed E-state index contributed by atoms with van der Waals surface area (Å²) < 4.78 is 5.55. The highest BCUT2D eigenvalue weighted by atomic mass is 16.5. The Labute approximate surface area is 130 Å². The van der Waals surface area contributed by atoms with E-state index in [1.165, 1.54) is 16.3 Å². The smallest absolute Gasteiger partial charge is 0.119 e. The molecular weight excluding hydrogens is 274 g/mol.